The van der Waals surface area contributed by atoms with Gasteiger partial charge in [-0.2, -0.15) is 0 Å². The van der Waals surface area contributed by atoms with Gasteiger partial charge in [0.2, 0.25) is 5.91 Å². The molecule has 1 saturated heterocycles. The molecule has 3 aliphatic heterocycles. The summed E-state index contributed by atoms with van der Waals surface area (Å²) in [7, 11) is 0. The van der Waals surface area contributed by atoms with E-state index in [1.165, 1.54) is 0 Å². The Hall–Kier alpha value is -2.65. The number of anilines is 1. The van der Waals surface area contributed by atoms with E-state index >= 15 is 0 Å². The second-order valence-electron chi connectivity index (χ2n) is 7.00. The quantitative estimate of drug-likeness (QED) is 0.680. The van der Waals surface area contributed by atoms with E-state index in [4.69, 9.17) is 16.3 Å². The van der Waals surface area contributed by atoms with E-state index in [2.05, 4.69) is 25.9 Å². The molecule has 0 aromatic carbocycles. The van der Waals surface area contributed by atoms with Gasteiger partial charge < -0.3 is 25.6 Å². The minimum atomic E-state index is -0.637. The van der Waals surface area contributed by atoms with E-state index in [0.717, 1.165) is 18.2 Å². The molecule has 0 spiro atoms. The standard InChI is InChI=1S/C19H22ClFN6O2/c1-11(19(28)27-3-2-5-29-6-4-27)25-18-15(21)10-24-17(26-18)14-9-23-16-13(14)7-12(20)8-22-16/h7-11,16,22-23H,2-6H2,1H3,(H,24,25,26)/t11-,16?/m0/s1. The van der Waals surface area contributed by atoms with Crippen LogP contribution in [0.25, 0.3) is 5.57 Å². The molecular formula is C19H22ClFN6O2. The van der Waals surface area contributed by atoms with Gasteiger partial charge in [0.25, 0.3) is 0 Å². The van der Waals surface area contributed by atoms with Gasteiger partial charge >= 0.3 is 0 Å². The Labute approximate surface area is 172 Å². The Morgan fingerprint density at radius 3 is 3.07 bits per heavy atom. The van der Waals surface area contributed by atoms with E-state index in [-0.39, 0.29) is 17.9 Å². The van der Waals surface area contributed by atoms with E-state index in [0.29, 0.717) is 42.7 Å². The number of carbonyl (C=O) groups is 1. The molecule has 1 fully saturated rings. The van der Waals surface area contributed by atoms with E-state index in [9.17, 15) is 9.18 Å². The molecule has 1 aromatic heterocycles. The molecule has 8 nitrogen and oxygen atoms in total. The van der Waals surface area contributed by atoms with Gasteiger partial charge in [0.15, 0.2) is 17.5 Å². The summed E-state index contributed by atoms with van der Waals surface area (Å²) in [6.07, 6.45) is 7.01. The predicted molar refractivity (Wildman–Crippen MR) is 107 cm³/mol. The molecule has 154 valence electrons. The summed E-state index contributed by atoms with van der Waals surface area (Å²) in [4.78, 5) is 22.9. The number of allylic oxidation sites excluding steroid dienone is 2. The molecular weight excluding hydrogens is 399 g/mol. The van der Waals surface area contributed by atoms with Gasteiger partial charge in [-0.15, -0.1) is 0 Å². The monoisotopic (exact) mass is 420 g/mol. The van der Waals surface area contributed by atoms with Crippen molar-refractivity contribution in [3.8, 4) is 0 Å². The van der Waals surface area contributed by atoms with Gasteiger partial charge in [-0.1, -0.05) is 11.6 Å². The van der Waals surface area contributed by atoms with Crippen LogP contribution in [-0.2, 0) is 9.53 Å². The maximum absolute atomic E-state index is 14.4. The van der Waals surface area contributed by atoms with Crippen molar-refractivity contribution in [3.63, 3.8) is 0 Å². The third-order valence-electron chi connectivity index (χ3n) is 4.94. The van der Waals surface area contributed by atoms with Crippen LogP contribution >= 0.6 is 11.6 Å². The van der Waals surface area contributed by atoms with Crippen molar-refractivity contribution in [2.45, 2.75) is 25.6 Å². The van der Waals surface area contributed by atoms with Crippen molar-refractivity contribution in [2.75, 3.05) is 31.6 Å². The van der Waals surface area contributed by atoms with Crippen LogP contribution < -0.4 is 16.0 Å². The first-order chi connectivity index (χ1) is 14.0. The molecule has 29 heavy (non-hydrogen) atoms. The summed E-state index contributed by atoms with van der Waals surface area (Å²) in [6.45, 7) is 3.99. The molecule has 3 aliphatic rings. The van der Waals surface area contributed by atoms with Crippen LogP contribution in [0, 0.1) is 5.82 Å². The van der Waals surface area contributed by atoms with Crippen molar-refractivity contribution in [1.29, 1.82) is 0 Å². The van der Waals surface area contributed by atoms with Gasteiger partial charge in [-0.25, -0.2) is 14.4 Å². The van der Waals surface area contributed by atoms with Crippen molar-refractivity contribution < 1.29 is 13.9 Å². The molecule has 4 heterocycles. The number of nitrogens with one attached hydrogen (secondary N) is 3. The van der Waals surface area contributed by atoms with Gasteiger partial charge in [0, 0.05) is 43.2 Å². The first-order valence-corrected chi connectivity index (χ1v) is 9.86. The maximum atomic E-state index is 14.4. The number of rotatable bonds is 4. The Kier molecular flexibility index (Phi) is 5.68. The second kappa shape index (κ2) is 8.38. The minimum Gasteiger partial charge on any atom is -0.380 e. The Morgan fingerprint density at radius 1 is 1.38 bits per heavy atom. The predicted octanol–water partition coefficient (Wildman–Crippen LogP) is 1.54. The number of nitrogens with zero attached hydrogens (tertiary/aromatic N) is 3. The molecule has 10 heteroatoms. The van der Waals surface area contributed by atoms with Crippen LogP contribution in [0.3, 0.4) is 0 Å². The highest BCUT2D eigenvalue weighted by Gasteiger charge is 2.28. The average molecular weight is 421 g/mol. The fourth-order valence-corrected chi connectivity index (χ4v) is 3.63. The zero-order chi connectivity index (χ0) is 20.4. The molecule has 3 N–H and O–H groups in total. The first-order valence-electron chi connectivity index (χ1n) is 9.49. The number of hydrogen-bond acceptors (Lipinski definition) is 7. The van der Waals surface area contributed by atoms with Crippen LogP contribution in [0.15, 0.2) is 35.3 Å². The Balaban J connectivity index is 1.51. The van der Waals surface area contributed by atoms with Crippen LogP contribution in [0.2, 0.25) is 0 Å². The molecule has 1 aromatic rings. The van der Waals surface area contributed by atoms with Gasteiger partial charge in [-0.3, -0.25) is 4.79 Å². The van der Waals surface area contributed by atoms with Crippen molar-refractivity contribution >= 4 is 28.9 Å². The number of hydrogen-bond donors (Lipinski definition) is 3. The topological polar surface area (TPSA) is 91.4 Å². The first kappa shape index (κ1) is 19.7. The highest BCUT2D eigenvalue weighted by molar-refractivity contribution is 6.31. The lowest BCUT2D eigenvalue weighted by Gasteiger charge is -2.24. The van der Waals surface area contributed by atoms with Gasteiger partial charge in [-0.05, 0) is 19.4 Å². The van der Waals surface area contributed by atoms with Gasteiger partial charge in [0.05, 0.1) is 17.8 Å². The number of fused-ring (bicyclic) bond motifs is 1. The van der Waals surface area contributed by atoms with Gasteiger partial charge in [0.1, 0.15) is 12.2 Å². The highest BCUT2D eigenvalue weighted by atomic mass is 35.5. The zero-order valence-electron chi connectivity index (χ0n) is 15.9. The highest BCUT2D eigenvalue weighted by Crippen LogP contribution is 2.31. The normalized spacial score (nSPS) is 22.2. The lowest BCUT2D eigenvalue weighted by atomic mass is 10.0. The second-order valence-corrected chi connectivity index (χ2v) is 7.44. The molecule has 2 atom stereocenters. The van der Waals surface area contributed by atoms with Crippen LogP contribution in [0.5, 0.6) is 0 Å². The smallest absolute Gasteiger partial charge is 0.244 e. The van der Waals surface area contributed by atoms with E-state index < -0.39 is 11.9 Å². The average Bonchev–Trinajstić information content (AvgIpc) is 2.94. The van der Waals surface area contributed by atoms with Crippen molar-refractivity contribution in [2.24, 2.45) is 0 Å². The summed E-state index contributed by atoms with van der Waals surface area (Å²) in [5.41, 5.74) is 1.57. The van der Waals surface area contributed by atoms with E-state index in [1.807, 2.05) is 6.08 Å². The third-order valence-corrected chi connectivity index (χ3v) is 5.16. The maximum Gasteiger partial charge on any atom is 0.244 e. The number of carbonyl (C=O) groups excluding carboxylic acids is 1. The molecule has 0 aliphatic carbocycles. The summed E-state index contributed by atoms with van der Waals surface area (Å²) < 4.78 is 19.7. The van der Waals surface area contributed by atoms with Crippen LogP contribution in [0.4, 0.5) is 10.2 Å². The molecule has 1 unspecified atom stereocenters. The lowest BCUT2D eigenvalue weighted by molar-refractivity contribution is -0.131. The molecule has 1 amide bonds. The largest absolute Gasteiger partial charge is 0.380 e. The van der Waals surface area contributed by atoms with Crippen LogP contribution in [-0.4, -0.2) is 59.3 Å². The lowest BCUT2D eigenvalue weighted by Crippen LogP contribution is -2.42. The Morgan fingerprint density at radius 2 is 2.21 bits per heavy atom. The Bertz CT molecular complexity index is 895. The molecule has 0 saturated carbocycles. The number of aromatic nitrogens is 2. The summed E-state index contributed by atoms with van der Waals surface area (Å²) >= 11 is 6.08. The fourth-order valence-electron chi connectivity index (χ4n) is 3.45. The number of dihydropyridines is 1. The number of halogens is 2. The number of amides is 1. The molecule has 0 radical (unpaired) electrons. The fraction of sp³-hybridized carbons (Fsp3) is 0.421. The summed E-state index contributed by atoms with van der Waals surface area (Å²) in [5, 5.41) is 9.71. The SMILES string of the molecule is C[C@H](Nc1nc(C2=CNC3NC=C(Cl)C=C23)ncc1F)C(=O)N1CCCOCC1. The summed E-state index contributed by atoms with van der Waals surface area (Å²) in [5.74, 6) is -0.416. The zero-order valence-corrected chi connectivity index (χ0v) is 16.7. The molecule has 4 rings (SSSR count). The van der Waals surface area contributed by atoms with Crippen molar-refractivity contribution in [3.05, 3.63) is 46.9 Å². The minimum absolute atomic E-state index is 0.0164. The third kappa shape index (κ3) is 4.20. The number of ether oxygens (including phenoxy) is 1. The summed E-state index contributed by atoms with van der Waals surface area (Å²) in [6, 6.07) is -0.637. The van der Waals surface area contributed by atoms with Crippen molar-refractivity contribution in [1.82, 2.24) is 25.5 Å². The van der Waals surface area contributed by atoms with E-state index in [1.54, 1.807) is 24.2 Å². The molecule has 0 bridgehead atoms. The van der Waals surface area contributed by atoms with Crippen LogP contribution in [0.1, 0.15) is 19.2 Å².